The van der Waals surface area contributed by atoms with E-state index in [1.165, 1.54) is 34.7 Å². The van der Waals surface area contributed by atoms with Gasteiger partial charge in [0.15, 0.2) is 11.0 Å². The largest absolute Gasteiger partial charge is 0.322 e. The average molecular weight is 392 g/mol. The van der Waals surface area contributed by atoms with Crippen LogP contribution in [0.15, 0.2) is 66.7 Å². The van der Waals surface area contributed by atoms with Gasteiger partial charge in [0.2, 0.25) is 5.91 Å². The van der Waals surface area contributed by atoms with Gasteiger partial charge in [0.1, 0.15) is 19.0 Å². The number of nitrogens with zero attached hydrogens (tertiary/aromatic N) is 7. The van der Waals surface area contributed by atoms with E-state index in [9.17, 15) is 4.79 Å². The summed E-state index contributed by atoms with van der Waals surface area (Å²) in [4.78, 5) is 20.6. The molecule has 9 nitrogen and oxygen atoms in total. The molecule has 0 atom stereocenters. The Morgan fingerprint density at radius 2 is 2.04 bits per heavy atom. The number of amides is 1. The zero-order chi connectivity index (χ0) is 19.3. The van der Waals surface area contributed by atoms with E-state index in [4.69, 9.17) is 0 Å². The van der Waals surface area contributed by atoms with E-state index in [1.807, 2.05) is 35.8 Å². The molecule has 0 aliphatic heterocycles. The van der Waals surface area contributed by atoms with Crippen LogP contribution in [0.3, 0.4) is 0 Å². The standard InChI is InChI=1S/C18H16N8OS/c1-13-4-6-14(7-5-13)25-12-21-24-18(25)28-9-16(27)23-15-3-2-8-20-17(15)26-11-19-10-22-26/h2-8,10-12H,9H2,1H3,(H,23,27). The number of aryl methyl sites for hydroxylation is 1. The highest BCUT2D eigenvalue weighted by atomic mass is 32.2. The summed E-state index contributed by atoms with van der Waals surface area (Å²) in [6.45, 7) is 2.03. The Balaban J connectivity index is 1.44. The fourth-order valence-electron chi connectivity index (χ4n) is 2.52. The van der Waals surface area contributed by atoms with E-state index in [-0.39, 0.29) is 11.7 Å². The SMILES string of the molecule is Cc1ccc(-n2cnnc2SCC(=O)Nc2cccnc2-n2cncn2)cc1. The Labute approximate surface area is 164 Å². The van der Waals surface area contributed by atoms with E-state index in [0.29, 0.717) is 16.7 Å². The molecule has 0 spiro atoms. The number of hydrogen-bond donors (Lipinski definition) is 1. The number of rotatable bonds is 6. The molecule has 0 aliphatic carbocycles. The molecule has 1 N–H and O–H groups in total. The first kappa shape index (κ1) is 17.9. The highest BCUT2D eigenvalue weighted by Gasteiger charge is 2.13. The lowest BCUT2D eigenvalue weighted by Crippen LogP contribution is -2.17. The van der Waals surface area contributed by atoms with Crippen LogP contribution in [0, 0.1) is 6.92 Å². The van der Waals surface area contributed by atoms with Crippen LogP contribution in [-0.4, -0.2) is 46.2 Å². The van der Waals surface area contributed by atoms with Crippen LogP contribution < -0.4 is 5.32 Å². The molecule has 3 aromatic heterocycles. The van der Waals surface area contributed by atoms with Crippen molar-refractivity contribution in [1.82, 2.24) is 34.5 Å². The minimum Gasteiger partial charge on any atom is -0.322 e. The van der Waals surface area contributed by atoms with Gasteiger partial charge >= 0.3 is 0 Å². The molecular weight excluding hydrogens is 376 g/mol. The number of aromatic nitrogens is 7. The van der Waals surface area contributed by atoms with E-state index in [2.05, 4.69) is 30.6 Å². The van der Waals surface area contributed by atoms with Crippen LogP contribution in [-0.2, 0) is 4.79 Å². The molecule has 0 bridgehead atoms. The van der Waals surface area contributed by atoms with Gasteiger partial charge in [-0.2, -0.15) is 5.10 Å². The number of carbonyl (C=O) groups excluding carboxylic acids is 1. The van der Waals surface area contributed by atoms with Crippen molar-refractivity contribution < 1.29 is 4.79 Å². The third kappa shape index (κ3) is 3.91. The third-order valence-corrected chi connectivity index (χ3v) is 4.80. The Kier molecular flexibility index (Phi) is 5.11. The van der Waals surface area contributed by atoms with Gasteiger partial charge in [-0.25, -0.2) is 14.6 Å². The second kappa shape index (κ2) is 8.01. The van der Waals surface area contributed by atoms with Crippen molar-refractivity contribution in [3.05, 3.63) is 67.1 Å². The number of anilines is 1. The smallest absolute Gasteiger partial charge is 0.234 e. The fourth-order valence-corrected chi connectivity index (χ4v) is 3.25. The molecule has 0 unspecified atom stereocenters. The van der Waals surface area contributed by atoms with E-state index >= 15 is 0 Å². The molecule has 1 amide bonds. The molecule has 28 heavy (non-hydrogen) atoms. The van der Waals surface area contributed by atoms with Crippen LogP contribution >= 0.6 is 11.8 Å². The number of nitrogens with one attached hydrogen (secondary N) is 1. The van der Waals surface area contributed by atoms with Crippen molar-refractivity contribution in [2.45, 2.75) is 12.1 Å². The van der Waals surface area contributed by atoms with Crippen LogP contribution in [0.2, 0.25) is 0 Å². The van der Waals surface area contributed by atoms with Crippen molar-refractivity contribution in [3.8, 4) is 11.5 Å². The summed E-state index contributed by atoms with van der Waals surface area (Å²) in [6, 6.07) is 11.5. The summed E-state index contributed by atoms with van der Waals surface area (Å²) >= 11 is 1.31. The fraction of sp³-hybridized carbons (Fsp3) is 0.111. The second-order valence-corrected chi connectivity index (χ2v) is 6.81. The third-order valence-electron chi connectivity index (χ3n) is 3.86. The van der Waals surface area contributed by atoms with Gasteiger partial charge in [0, 0.05) is 11.9 Å². The first-order valence-corrected chi connectivity index (χ1v) is 9.39. The summed E-state index contributed by atoms with van der Waals surface area (Å²) in [5.74, 6) is 0.495. The summed E-state index contributed by atoms with van der Waals surface area (Å²) in [6.07, 6.45) is 6.20. The zero-order valence-corrected chi connectivity index (χ0v) is 15.7. The topological polar surface area (TPSA) is 103 Å². The molecule has 0 aliphatic rings. The summed E-state index contributed by atoms with van der Waals surface area (Å²) in [7, 11) is 0. The lowest BCUT2D eigenvalue weighted by molar-refractivity contribution is -0.113. The molecule has 0 saturated carbocycles. The van der Waals surface area contributed by atoms with E-state index in [1.54, 1.807) is 24.7 Å². The monoisotopic (exact) mass is 392 g/mol. The first-order chi connectivity index (χ1) is 13.7. The van der Waals surface area contributed by atoms with Crippen molar-refractivity contribution in [3.63, 3.8) is 0 Å². The second-order valence-electron chi connectivity index (χ2n) is 5.87. The first-order valence-electron chi connectivity index (χ1n) is 8.40. The number of thioether (sulfide) groups is 1. The zero-order valence-electron chi connectivity index (χ0n) is 14.9. The van der Waals surface area contributed by atoms with Crippen LogP contribution in [0.25, 0.3) is 11.5 Å². The van der Waals surface area contributed by atoms with Crippen LogP contribution in [0.4, 0.5) is 5.69 Å². The Morgan fingerprint density at radius 1 is 1.18 bits per heavy atom. The maximum atomic E-state index is 12.5. The minimum atomic E-state index is -0.183. The van der Waals surface area contributed by atoms with Gasteiger partial charge in [0.25, 0.3) is 0 Å². The van der Waals surface area contributed by atoms with Gasteiger partial charge in [-0.05, 0) is 31.2 Å². The van der Waals surface area contributed by atoms with Gasteiger partial charge in [-0.15, -0.1) is 10.2 Å². The summed E-state index contributed by atoms with van der Waals surface area (Å²) in [5, 5.41) is 15.6. The molecule has 0 saturated heterocycles. The molecule has 10 heteroatoms. The number of hydrogen-bond acceptors (Lipinski definition) is 7. The van der Waals surface area contributed by atoms with Crippen LogP contribution in [0.1, 0.15) is 5.56 Å². The summed E-state index contributed by atoms with van der Waals surface area (Å²) in [5.41, 5.74) is 2.67. The van der Waals surface area contributed by atoms with Crippen molar-refractivity contribution >= 4 is 23.4 Å². The number of pyridine rings is 1. The quantitative estimate of drug-likeness (QED) is 0.502. The van der Waals surface area contributed by atoms with Gasteiger partial charge < -0.3 is 5.32 Å². The van der Waals surface area contributed by atoms with Crippen molar-refractivity contribution in [1.29, 1.82) is 0 Å². The lowest BCUT2D eigenvalue weighted by Gasteiger charge is -2.10. The normalized spacial score (nSPS) is 10.8. The van der Waals surface area contributed by atoms with Crippen LogP contribution in [0.5, 0.6) is 0 Å². The Morgan fingerprint density at radius 3 is 2.82 bits per heavy atom. The summed E-state index contributed by atoms with van der Waals surface area (Å²) < 4.78 is 3.35. The molecule has 140 valence electrons. The Bertz CT molecular complexity index is 1080. The highest BCUT2D eigenvalue weighted by molar-refractivity contribution is 7.99. The maximum absolute atomic E-state index is 12.5. The highest BCUT2D eigenvalue weighted by Crippen LogP contribution is 2.21. The van der Waals surface area contributed by atoms with Gasteiger partial charge in [-0.3, -0.25) is 9.36 Å². The molecule has 1 aromatic carbocycles. The molecule has 4 aromatic rings. The van der Waals surface area contributed by atoms with E-state index in [0.717, 1.165) is 5.69 Å². The molecular formula is C18H16N8OS. The lowest BCUT2D eigenvalue weighted by atomic mass is 10.2. The predicted molar refractivity (Wildman–Crippen MR) is 105 cm³/mol. The molecule has 0 fully saturated rings. The van der Waals surface area contributed by atoms with Crippen molar-refractivity contribution in [2.75, 3.05) is 11.1 Å². The van der Waals surface area contributed by atoms with Gasteiger partial charge in [0.05, 0.1) is 11.4 Å². The molecule has 3 heterocycles. The molecule has 4 rings (SSSR count). The van der Waals surface area contributed by atoms with Crippen molar-refractivity contribution in [2.24, 2.45) is 0 Å². The van der Waals surface area contributed by atoms with E-state index < -0.39 is 0 Å². The average Bonchev–Trinajstić information content (AvgIpc) is 3.40. The van der Waals surface area contributed by atoms with Gasteiger partial charge in [-0.1, -0.05) is 29.5 Å². The predicted octanol–water partition coefficient (Wildman–Crippen LogP) is 2.28. The minimum absolute atomic E-state index is 0.177. The maximum Gasteiger partial charge on any atom is 0.234 e. The number of benzene rings is 1. The molecule has 0 radical (unpaired) electrons. The Hall–Kier alpha value is -3.53. The number of carbonyl (C=O) groups is 1.